The molecule has 1 amide bonds. The molecule has 1 heterocycles. The number of anilines is 1. The Kier molecular flexibility index (Phi) is 6.27. The normalized spacial score (nSPS) is 16.0. The number of carbonyl (C=O) groups is 1. The molecule has 0 aromatic heterocycles. The van der Waals surface area contributed by atoms with Crippen LogP contribution in [0.5, 0.6) is 5.75 Å². The third kappa shape index (κ3) is 4.48. The number of nitrogens with zero attached hydrogens (tertiary/aromatic N) is 1. The number of benzene rings is 2. The third-order valence-electron chi connectivity index (χ3n) is 4.89. The zero-order chi connectivity index (χ0) is 20.3. The Hall–Kier alpha value is -2.09. The van der Waals surface area contributed by atoms with E-state index in [4.69, 9.17) is 16.3 Å². The fourth-order valence-corrected chi connectivity index (χ4v) is 4.86. The maximum absolute atomic E-state index is 12.8. The van der Waals surface area contributed by atoms with E-state index >= 15 is 0 Å². The summed E-state index contributed by atoms with van der Waals surface area (Å²) in [7, 11) is -2.02. The number of hydrogen-bond donors (Lipinski definition) is 1. The molecule has 0 spiro atoms. The standard InChI is InChI=1S/C20H23ClN2O4S/c1-14-3-8-19(27-2)18(13-14)22-20(24)15-9-11-23(12-10-15)28(25,26)17-6-4-16(21)5-7-17/h3-8,13,15H,9-12H2,1-2H3,(H,22,24). The van der Waals surface area contributed by atoms with Crippen molar-refractivity contribution in [3.8, 4) is 5.75 Å². The number of amides is 1. The highest BCUT2D eigenvalue weighted by Gasteiger charge is 2.32. The van der Waals surface area contributed by atoms with Gasteiger partial charge in [0.25, 0.3) is 0 Å². The molecule has 1 aliphatic rings. The van der Waals surface area contributed by atoms with Crippen LogP contribution >= 0.6 is 11.6 Å². The molecule has 0 unspecified atom stereocenters. The predicted octanol–water partition coefficient (Wildman–Crippen LogP) is 3.70. The Balaban J connectivity index is 1.64. The quantitative estimate of drug-likeness (QED) is 0.797. The number of piperidine rings is 1. The Bertz CT molecular complexity index is 953. The zero-order valence-corrected chi connectivity index (χ0v) is 17.4. The first-order valence-corrected chi connectivity index (χ1v) is 10.8. The summed E-state index contributed by atoms with van der Waals surface area (Å²) in [6.07, 6.45) is 0.930. The van der Waals surface area contributed by atoms with Crippen molar-refractivity contribution in [2.45, 2.75) is 24.7 Å². The number of nitrogens with one attached hydrogen (secondary N) is 1. The fourth-order valence-electron chi connectivity index (χ4n) is 3.27. The van der Waals surface area contributed by atoms with E-state index in [9.17, 15) is 13.2 Å². The Morgan fingerprint density at radius 3 is 2.39 bits per heavy atom. The first kappa shape index (κ1) is 20.6. The second-order valence-corrected chi connectivity index (χ2v) is 9.20. The molecule has 150 valence electrons. The lowest BCUT2D eigenvalue weighted by Gasteiger charge is -2.30. The van der Waals surface area contributed by atoms with Crippen LogP contribution in [-0.2, 0) is 14.8 Å². The second kappa shape index (κ2) is 8.51. The Morgan fingerprint density at radius 2 is 1.79 bits per heavy atom. The highest BCUT2D eigenvalue weighted by molar-refractivity contribution is 7.89. The van der Waals surface area contributed by atoms with Crippen molar-refractivity contribution in [1.29, 1.82) is 0 Å². The van der Waals surface area contributed by atoms with Crippen LogP contribution in [0.1, 0.15) is 18.4 Å². The number of sulfonamides is 1. The number of rotatable bonds is 5. The van der Waals surface area contributed by atoms with Gasteiger partial charge in [-0.3, -0.25) is 4.79 Å². The van der Waals surface area contributed by atoms with E-state index in [2.05, 4.69) is 5.32 Å². The van der Waals surface area contributed by atoms with Crippen LogP contribution in [-0.4, -0.2) is 38.8 Å². The van der Waals surface area contributed by atoms with Crippen molar-refractivity contribution < 1.29 is 17.9 Å². The highest BCUT2D eigenvalue weighted by Crippen LogP contribution is 2.29. The second-order valence-electron chi connectivity index (χ2n) is 6.83. The lowest BCUT2D eigenvalue weighted by molar-refractivity contribution is -0.120. The molecule has 1 saturated heterocycles. The van der Waals surface area contributed by atoms with Crippen LogP contribution in [0.3, 0.4) is 0 Å². The minimum atomic E-state index is -3.58. The predicted molar refractivity (Wildman–Crippen MR) is 109 cm³/mol. The molecule has 3 rings (SSSR count). The van der Waals surface area contributed by atoms with Gasteiger partial charge in [0.2, 0.25) is 15.9 Å². The maximum Gasteiger partial charge on any atom is 0.243 e. The SMILES string of the molecule is COc1ccc(C)cc1NC(=O)C1CCN(S(=O)(=O)c2ccc(Cl)cc2)CC1. The van der Waals surface area contributed by atoms with E-state index in [-0.39, 0.29) is 16.7 Å². The summed E-state index contributed by atoms with van der Waals surface area (Å²) < 4.78 is 32.2. The molecule has 0 atom stereocenters. The number of carbonyl (C=O) groups excluding carboxylic acids is 1. The summed E-state index contributed by atoms with van der Waals surface area (Å²) in [6.45, 7) is 2.54. The van der Waals surface area contributed by atoms with Crippen molar-refractivity contribution in [2.75, 3.05) is 25.5 Å². The molecule has 1 aliphatic heterocycles. The van der Waals surface area contributed by atoms with Gasteiger partial charge >= 0.3 is 0 Å². The van der Waals surface area contributed by atoms with Gasteiger partial charge < -0.3 is 10.1 Å². The van der Waals surface area contributed by atoms with E-state index in [1.807, 2.05) is 25.1 Å². The van der Waals surface area contributed by atoms with Crippen molar-refractivity contribution >= 4 is 33.2 Å². The Morgan fingerprint density at radius 1 is 1.14 bits per heavy atom. The molecule has 28 heavy (non-hydrogen) atoms. The van der Waals surface area contributed by atoms with Crippen molar-refractivity contribution in [1.82, 2.24) is 4.31 Å². The molecular formula is C20H23ClN2O4S. The van der Waals surface area contributed by atoms with E-state index < -0.39 is 10.0 Å². The van der Waals surface area contributed by atoms with Crippen LogP contribution in [0.25, 0.3) is 0 Å². The molecule has 6 nitrogen and oxygen atoms in total. The lowest BCUT2D eigenvalue weighted by atomic mass is 9.97. The summed E-state index contributed by atoms with van der Waals surface area (Å²) in [5.74, 6) is 0.232. The molecule has 2 aromatic rings. The van der Waals surface area contributed by atoms with Gasteiger partial charge in [-0.15, -0.1) is 0 Å². The molecule has 0 bridgehead atoms. The zero-order valence-electron chi connectivity index (χ0n) is 15.8. The summed E-state index contributed by atoms with van der Waals surface area (Å²) in [5.41, 5.74) is 1.64. The summed E-state index contributed by atoms with van der Waals surface area (Å²) in [4.78, 5) is 12.9. The van der Waals surface area contributed by atoms with Gasteiger partial charge in [-0.2, -0.15) is 4.31 Å². The van der Waals surface area contributed by atoms with Crippen molar-refractivity contribution in [3.63, 3.8) is 0 Å². The molecule has 0 saturated carbocycles. The van der Waals surface area contributed by atoms with Gasteiger partial charge in [-0.1, -0.05) is 17.7 Å². The first-order valence-electron chi connectivity index (χ1n) is 9.02. The maximum atomic E-state index is 12.8. The summed E-state index contributed by atoms with van der Waals surface area (Å²) in [5, 5.41) is 3.40. The molecule has 0 aliphatic carbocycles. The van der Waals surface area contributed by atoms with Gasteiger partial charge in [0, 0.05) is 24.0 Å². The molecule has 0 radical (unpaired) electrons. The monoisotopic (exact) mass is 422 g/mol. The smallest absolute Gasteiger partial charge is 0.243 e. The highest BCUT2D eigenvalue weighted by atomic mass is 35.5. The van der Waals surface area contributed by atoms with Crippen LogP contribution in [0, 0.1) is 12.8 Å². The van der Waals surface area contributed by atoms with Gasteiger partial charge in [0.1, 0.15) is 5.75 Å². The molecular weight excluding hydrogens is 400 g/mol. The minimum absolute atomic E-state index is 0.118. The lowest BCUT2D eigenvalue weighted by Crippen LogP contribution is -2.41. The van der Waals surface area contributed by atoms with Crippen LogP contribution in [0.15, 0.2) is 47.4 Å². The number of halogens is 1. The largest absolute Gasteiger partial charge is 0.495 e. The van der Waals surface area contributed by atoms with E-state index in [0.29, 0.717) is 42.4 Å². The van der Waals surface area contributed by atoms with Crippen molar-refractivity contribution in [3.05, 3.63) is 53.1 Å². The van der Waals surface area contributed by atoms with Gasteiger partial charge in [0.05, 0.1) is 17.7 Å². The number of hydrogen-bond acceptors (Lipinski definition) is 4. The van der Waals surface area contributed by atoms with Crippen LogP contribution < -0.4 is 10.1 Å². The molecule has 8 heteroatoms. The Labute approximate surface area is 170 Å². The number of methoxy groups -OCH3 is 1. The molecule has 1 fully saturated rings. The minimum Gasteiger partial charge on any atom is -0.495 e. The third-order valence-corrected chi connectivity index (χ3v) is 7.05. The topological polar surface area (TPSA) is 75.7 Å². The first-order chi connectivity index (χ1) is 13.3. The van der Waals surface area contributed by atoms with Gasteiger partial charge in [0.15, 0.2) is 0 Å². The van der Waals surface area contributed by atoms with Gasteiger partial charge in [-0.25, -0.2) is 8.42 Å². The summed E-state index contributed by atoms with van der Waals surface area (Å²) >= 11 is 5.84. The van der Waals surface area contributed by atoms with Crippen LogP contribution in [0.2, 0.25) is 5.02 Å². The fraction of sp³-hybridized carbons (Fsp3) is 0.350. The van der Waals surface area contributed by atoms with E-state index in [0.717, 1.165) is 5.56 Å². The van der Waals surface area contributed by atoms with E-state index in [1.165, 1.54) is 16.4 Å². The van der Waals surface area contributed by atoms with Crippen LogP contribution in [0.4, 0.5) is 5.69 Å². The van der Waals surface area contributed by atoms with E-state index in [1.54, 1.807) is 19.2 Å². The van der Waals surface area contributed by atoms with Gasteiger partial charge in [-0.05, 0) is 61.7 Å². The summed E-state index contributed by atoms with van der Waals surface area (Å²) in [6, 6.07) is 11.7. The molecule has 2 aromatic carbocycles. The van der Waals surface area contributed by atoms with Crippen molar-refractivity contribution in [2.24, 2.45) is 5.92 Å². The average Bonchev–Trinajstić information content (AvgIpc) is 2.68. The number of aryl methyl sites for hydroxylation is 1. The average molecular weight is 423 g/mol. The number of ether oxygens (including phenoxy) is 1. The molecule has 1 N–H and O–H groups in total.